The maximum Gasteiger partial charge on any atom is 0.310 e. The van der Waals surface area contributed by atoms with Crippen LogP contribution < -0.4 is 9.64 Å². The van der Waals surface area contributed by atoms with E-state index in [-0.39, 0.29) is 24.9 Å². The summed E-state index contributed by atoms with van der Waals surface area (Å²) in [7, 11) is 1.57. The van der Waals surface area contributed by atoms with Gasteiger partial charge in [0.2, 0.25) is 5.91 Å². The third kappa shape index (κ3) is 5.04. The fourth-order valence-electron chi connectivity index (χ4n) is 3.14. The summed E-state index contributed by atoms with van der Waals surface area (Å²) < 4.78 is 10.6. The van der Waals surface area contributed by atoms with Gasteiger partial charge in [0.05, 0.1) is 24.9 Å². The van der Waals surface area contributed by atoms with Crippen molar-refractivity contribution in [3.63, 3.8) is 0 Å². The van der Waals surface area contributed by atoms with Crippen LogP contribution in [0.15, 0.2) is 47.8 Å². The van der Waals surface area contributed by atoms with E-state index in [1.54, 1.807) is 23.5 Å². The molecular formula is C23H24N2O4S. The molecule has 0 fully saturated rings. The highest BCUT2D eigenvalue weighted by Gasteiger charge is 2.20. The second-order valence-corrected chi connectivity index (χ2v) is 7.75. The molecule has 0 radical (unpaired) electrons. The minimum Gasteiger partial charge on any atom is -0.496 e. The van der Waals surface area contributed by atoms with Crippen molar-refractivity contribution < 1.29 is 19.1 Å². The minimum absolute atomic E-state index is 0.0447. The fraction of sp³-hybridized carbons (Fsp3) is 0.261. The Balaban J connectivity index is 1.69. The van der Waals surface area contributed by atoms with Crippen molar-refractivity contribution >= 4 is 34.0 Å². The third-order valence-corrected chi connectivity index (χ3v) is 5.42. The van der Waals surface area contributed by atoms with E-state index in [2.05, 4.69) is 4.98 Å². The van der Waals surface area contributed by atoms with E-state index in [9.17, 15) is 9.59 Å². The molecule has 0 aliphatic heterocycles. The Morgan fingerprint density at radius 3 is 2.60 bits per heavy atom. The van der Waals surface area contributed by atoms with Crippen molar-refractivity contribution in [2.45, 2.75) is 33.8 Å². The second-order valence-electron chi connectivity index (χ2n) is 6.92. The molecule has 0 saturated heterocycles. The van der Waals surface area contributed by atoms with Crippen LogP contribution in [-0.4, -0.2) is 24.0 Å². The molecule has 156 valence electrons. The first-order chi connectivity index (χ1) is 14.4. The number of benzene rings is 2. The van der Waals surface area contributed by atoms with Gasteiger partial charge < -0.3 is 9.47 Å². The number of carbonyl (C=O) groups excluding carboxylic acids is 2. The first kappa shape index (κ1) is 21.5. The average molecular weight is 425 g/mol. The van der Waals surface area contributed by atoms with Crippen molar-refractivity contribution in [1.29, 1.82) is 0 Å². The number of methoxy groups -OCH3 is 1. The number of amides is 1. The summed E-state index contributed by atoms with van der Waals surface area (Å²) in [5.41, 5.74) is 4.27. The summed E-state index contributed by atoms with van der Waals surface area (Å²) >= 11 is 1.34. The Morgan fingerprint density at radius 1 is 1.13 bits per heavy atom. The van der Waals surface area contributed by atoms with Crippen molar-refractivity contribution in [3.05, 3.63) is 70.2 Å². The number of hydrogen-bond donors (Lipinski definition) is 0. The lowest BCUT2D eigenvalue weighted by Crippen LogP contribution is -2.23. The van der Waals surface area contributed by atoms with Gasteiger partial charge in [0.1, 0.15) is 12.4 Å². The molecule has 0 unspecified atom stereocenters. The van der Waals surface area contributed by atoms with Gasteiger partial charge in [-0.1, -0.05) is 35.9 Å². The lowest BCUT2D eigenvalue weighted by Gasteiger charge is -2.20. The number of thiazole rings is 1. The Kier molecular flexibility index (Phi) is 6.84. The topological polar surface area (TPSA) is 68.7 Å². The van der Waals surface area contributed by atoms with Crippen LogP contribution in [0.3, 0.4) is 0 Å². The highest BCUT2D eigenvalue weighted by molar-refractivity contribution is 7.14. The van der Waals surface area contributed by atoms with Gasteiger partial charge in [-0.3, -0.25) is 14.5 Å². The molecule has 1 heterocycles. The largest absolute Gasteiger partial charge is 0.496 e. The zero-order chi connectivity index (χ0) is 21.7. The number of nitrogens with zero attached hydrogens (tertiary/aromatic N) is 2. The smallest absolute Gasteiger partial charge is 0.310 e. The number of anilines is 2. The average Bonchev–Trinajstić information content (AvgIpc) is 3.17. The highest BCUT2D eigenvalue weighted by atomic mass is 32.1. The van der Waals surface area contributed by atoms with Crippen molar-refractivity contribution in [1.82, 2.24) is 4.98 Å². The Morgan fingerprint density at radius 2 is 1.90 bits per heavy atom. The molecule has 0 aliphatic carbocycles. The number of para-hydroxylation sites is 1. The van der Waals surface area contributed by atoms with Crippen molar-refractivity contribution in [2.24, 2.45) is 0 Å². The molecule has 1 amide bonds. The second kappa shape index (κ2) is 9.54. The fourth-order valence-corrected chi connectivity index (χ4v) is 4.00. The SMILES string of the molecule is COc1ccccc1CC(=O)OCc1csc(N(C(C)=O)c2ccc(C)cc2C)n1. The molecule has 3 rings (SSSR count). The van der Waals surface area contributed by atoms with E-state index in [1.165, 1.54) is 18.3 Å². The first-order valence-electron chi connectivity index (χ1n) is 9.49. The van der Waals surface area contributed by atoms with E-state index in [0.29, 0.717) is 16.6 Å². The van der Waals surface area contributed by atoms with Gasteiger partial charge in [-0.15, -0.1) is 11.3 Å². The Bertz CT molecular complexity index is 1060. The number of rotatable bonds is 7. The van der Waals surface area contributed by atoms with Crippen molar-refractivity contribution in [3.8, 4) is 5.75 Å². The summed E-state index contributed by atoms with van der Waals surface area (Å²) in [6.45, 7) is 5.53. The summed E-state index contributed by atoms with van der Waals surface area (Å²) in [6, 6.07) is 13.2. The standard InChI is InChI=1S/C23H24N2O4S/c1-15-9-10-20(16(2)11-15)25(17(3)26)23-24-19(14-30-23)13-29-22(27)12-18-7-5-6-8-21(18)28-4/h5-11,14H,12-13H2,1-4H3. The van der Waals surface area contributed by atoms with Gasteiger partial charge >= 0.3 is 5.97 Å². The summed E-state index contributed by atoms with van der Waals surface area (Å²) in [5, 5.41) is 2.34. The monoisotopic (exact) mass is 424 g/mol. The zero-order valence-corrected chi connectivity index (χ0v) is 18.3. The predicted molar refractivity (Wildman–Crippen MR) is 117 cm³/mol. The molecular weight excluding hydrogens is 400 g/mol. The molecule has 30 heavy (non-hydrogen) atoms. The number of carbonyl (C=O) groups is 2. The molecule has 6 nitrogen and oxygen atoms in total. The molecule has 0 spiro atoms. The summed E-state index contributed by atoms with van der Waals surface area (Å²) in [4.78, 5) is 30.6. The number of esters is 1. The van der Waals surface area contributed by atoms with Crippen LogP contribution in [-0.2, 0) is 27.4 Å². The maximum atomic E-state index is 12.3. The molecule has 1 aromatic heterocycles. The van der Waals surface area contributed by atoms with E-state index in [4.69, 9.17) is 9.47 Å². The molecule has 0 aliphatic rings. The molecule has 2 aromatic carbocycles. The third-order valence-electron chi connectivity index (χ3n) is 4.55. The summed E-state index contributed by atoms with van der Waals surface area (Å²) in [5.74, 6) is 0.152. The van der Waals surface area contributed by atoms with Crippen LogP contribution in [0.4, 0.5) is 10.8 Å². The highest BCUT2D eigenvalue weighted by Crippen LogP contribution is 2.32. The van der Waals surface area contributed by atoms with E-state index in [0.717, 1.165) is 22.4 Å². The van der Waals surface area contributed by atoms with Gasteiger partial charge in [-0.2, -0.15) is 0 Å². The van der Waals surface area contributed by atoms with Crippen LogP contribution in [0.2, 0.25) is 0 Å². The summed E-state index contributed by atoms with van der Waals surface area (Å²) in [6.07, 6.45) is 0.114. The predicted octanol–water partition coefficient (Wildman–Crippen LogP) is 4.74. The maximum absolute atomic E-state index is 12.3. The number of ether oxygens (including phenoxy) is 2. The molecule has 0 saturated carbocycles. The van der Waals surface area contributed by atoms with Gasteiger partial charge in [0.15, 0.2) is 5.13 Å². The molecule has 0 bridgehead atoms. The van der Waals surface area contributed by atoms with Gasteiger partial charge in [-0.05, 0) is 31.5 Å². The lowest BCUT2D eigenvalue weighted by atomic mass is 10.1. The minimum atomic E-state index is -0.369. The van der Waals surface area contributed by atoms with Crippen LogP contribution >= 0.6 is 11.3 Å². The molecule has 0 N–H and O–H groups in total. The molecule has 7 heteroatoms. The quantitative estimate of drug-likeness (QED) is 0.513. The Hall–Kier alpha value is -3.19. The van der Waals surface area contributed by atoms with E-state index in [1.807, 2.05) is 50.2 Å². The van der Waals surface area contributed by atoms with Gasteiger partial charge in [0, 0.05) is 17.9 Å². The number of aromatic nitrogens is 1. The molecule has 3 aromatic rings. The van der Waals surface area contributed by atoms with E-state index < -0.39 is 0 Å². The van der Waals surface area contributed by atoms with Crippen LogP contribution in [0, 0.1) is 13.8 Å². The van der Waals surface area contributed by atoms with Crippen LogP contribution in [0.25, 0.3) is 0 Å². The zero-order valence-electron chi connectivity index (χ0n) is 17.5. The lowest BCUT2D eigenvalue weighted by molar-refractivity contribution is -0.144. The number of hydrogen-bond acceptors (Lipinski definition) is 6. The first-order valence-corrected chi connectivity index (χ1v) is 10.4. The molecule has 0 atom stereocenters. The van der Waals surface area contributed by atoms with Crippen LogP contribution in [0.5, 0.6) is 5.75 Å². The normalized spacial score (nSPS) is 10.5. The Labute approximate surface area is 180 Å². The van der Waals surface area contributed by atoms with Gasteiger partial charge in [-0.25, -0.2) is 4.98 Å². The van der Waals surface area contributed by atoms with Gasteiger partial charge in [0.25, 0.3) is 0 Å². The van der Waals surface area contributed by atoms with E-state index >= 15 is 0 Å². The van der Waals surface area contributed by atoms with Crippen molar-refractivity contribution in [2.75, 3.05) is 12.0 Å². The van der Waals surface area contributed by atoms with Crippen LogP contribution in [0.1, 0.15) is 29.3 Å². The number of aryl methyl sites for hydroxylation is 2.